The molecule has 3 atom stereocenters. The highest BCUT2D eigenvalue weighted by atomic mass is 15.3. The Morgan fingerprint density at radius 2 is 2.15 bits per heavy atom. The van der Waals surface area contributed by atoms with Gasteiger partial charge in [0.1, 0.15) is 0 Å². The van der Waals surface area contributed by atoms with Crippen LogP contribution in [0.15, 0.2) is 6.07 Å². The second kappa shape index (κ2) is 7.26. The molecule has 3 unspecified atom stereocenters. The minimum atomic E-state index is 0.615. The van der Waals surface area contributed by atoms with Gasteiger partial charge in [0.15, 0.2) is 0 Å². The Morgan fingerprint density at radius 1 is 1.35 bits per heavy atom. The van der Waals surface area contributed by atoms with E-state index in [0.717, 1.165) is 37.8 Å². The average Bonchev–Trinajstić information content (AvgIpc) is 3.04. The van der Waals surface area contributed by atoms with Crippen LogP contribution in [0.5, 0.6) is 0 Å². The summed E-state index contributed by atoms with van der Waals surface area (Å²) in [6.07, 6.45) is 6.36. The normalized spacial score (nSPS) is 24.2. The largest absolute Gasteiger partial charge is 0.314 e. The van der Waals surface area contributed by atoms with Gasteiger partial charge in [0.05, 0.1) is 5.69 Å². The highest BCUT2D eigenvalue weighted by Gasteiger charge is 2.31. The summed E-state index contributed by atoms with van der Waals surface area (Å²) in [5, 5.41) is 8.44. The van der Waals surface area contributed by atoms with Crippen LogP contribution in [0.25, 0.3) is 0 Å². The van der Waals surface area contributed by atoms with Crippen molar-refractivity contribution in [2.45, 2.75) is 72.4 Å². The Hall–Kier alpha value is -0.830. The molecule has 3 nitrogen and oxygen atoms in total. The number of aromatic nitrogens is 2. The zero-order chi connectivity index (χ0) is 14.5. The Morgan fingerprint density at radius 3 is 2.70 bits per heavy atom. The van der Waals surface area contributed by atoms with E-state index < -0.39 is 0 Å². The van der Waals surface area contributed by atoms with Gasteiger partial charge in [0.25, 0.3) is 0 Å². The molecule has 1 aromatic heterocycles. The molecule has 1 fully saturated rings. The molecule has 0 aromatic carbocycles. The van der Waals surface area contributed by atoms with E-state index in [1.54, 1.807) is 0 Å². The van der Waals surface area contributed by atoms with Crippen molar-refractivity contribution < 1.29 is 0 Å². The minimum Gasteiger partial charge on any atom is -0.314 e. The molecule has 1 N–H and O–H groups in total. The number of aryl methyl sites for hydroxylation is 2. The number of rotatable bonds is 7. The standard InChI is InChI=1S/C17H31N3/c1-5-14-11-15(20(7-3)19-14)12-17(18-6-2)16-10-8-9-13(16)4/h11,13,16-18H,5-10,12H2,1-4H3. The molecule has 0 radical (unpaired) electrons. The predicted octanol–water partition coefficient (Wildman–Crippen LogP) is 3.42. The lowest BCUT2D eigenvalue weighted by Gasteiger charge is -2.28. The first-order valence-corrected chi connectivity index (χ1v) is 8.48. The molecule has 0 saturated heterocycles. The molecule has 1 heterocycles. The van der Waals surface area contributed by atoms with E-state index in [1.165, 1.54) is 30.7 Å². The Balaban J connectivity index is 2.12. The third-order valence-corrected chi connectivity index (χ3v) is 4.92. The van der Waals surface area contributed by atoms with Gasteiger partial charge >= 0.3 is 0 Å². The van der Waals surface area contributed by atoms with Crippen LogP contribution in [0.3, 0.4) is 0 Å². The number of nitrogens with zero attached hydrogens (tertiary/aromatic N) is 2. The topological polar surface area (TPSA) is 29.9 Å². The highest BCUT2D eigenvalue weighted by molar-refractivity contribution is 5.12. The molecule has 2 rings (SSSR count). The summed E-state index contributed by atoms with van der Waals surface area (Å²) >= 11 is 0. The van der Waals surface area contributed by atoms with Crippen LogP contribution in [0.2, 0.25) is 0 Å². The summed E-state index contributed by atoms with van der Waals surface area (Å²) in [4.78, 5) is 0. The summed E-state index contributed by atoms with van der Waals surface area (Å²) in [7, 11) is 0. The van der Waals surface area contributed by atoms with Crippen LogP contribution in [-0.4, -0.2) is 22.4 Å². The van der Waals surface area contributed by atoms with Crippen molar-refractivity contribution in [2.75, 3.05) is 6.54 Å². The Labute approximate surface area is 124 Å². The summed E-state index contributed by atoms with van der Waals surface area (Å²) in [6.45, 7) is 11.1. The second-order valence-corrected chi connectivity index (χ2v) is 6.24. The third kappa shape index (κ3) is 3.43. The molecule has 3 heteroatoms. The predicted molar refractivity (Wildman–Crippen MR) is 85.0 cm³/mol. The first kappa shape index (κ1) is 15.6. The second-order valence-electron chi connectivity index (χ2n) is 6.24. The number of hydrogen-bond donors (Lipinski definition) is 1. The molecule has 1 aliphatic rings. The fraction of sp³-hybridized carbons (Fsp3) is 0.824. The average molecular weight is 277 g/mol. The van der Waals surface area contributed by atoms with Crippen molar-refractivity contribution in [3.63, 3.8) is 0 Å². The summed E-state index contributed by atoms with van der Waals surface area (Å²) in [6, 6.07) is 2.93. The van der Waals surface area contributed by atoms with Gasteiger partial charge in [0, 0.05) is 24.7 Å². The smallest absolute Gasteiger partial charge is 0.0624 e. The first-order valence-electron chi connectivity index (χ1n) is 8.48. The van der Waals surface area contributed by atoms with E-state index in [9.17, 15) is 0 Å². The van der Waals surface area contributed by atoms with Gasteiger partial charge in [-0.1, -0.05) is 33.6 Å². The van der Waals surface area contributed by atoms with E-state index in [0.29, 0.717) is 6.04 Å². The van der Waals surface area contributed by atoms with Crippen LogP contribution < -0.4 is 5.32 Å². The zero-order valence-corrected chi connectivity index (χ0v) is 13.7. The van der Waals surface area contributed by atoms with Gasteiger partial charge in [-0.2, -0.15) is 5.10 Å². The van der Waals surface area contributed by atoms with E-state index in [-0.39, 0.29) is 0 Å². The molecule has 114 valence electrons. The van der Waals surface area contributed by atoms with Gasteiger partial charge in [-0.25, -0.2) is 0 Å². The van der Waals surface area contributed by atoms with Crippen molar-refractivity contribution in [3.8, 4) is 0 Å². The Bertz CT molecular complexity index is 410. The van der Waals surface area contributed by atoms with Crippen molar-refractivity contribution in [1.82, 2.24) is 15.1 Å². The molecule has 0 amide bonds. The maximum Gasteiger partial charge on any atom is 0.0624 e. The van der Waals surface area contributed by atoms with Crippen LogP contribution in [-0.2, 0) is 19.4 Å². The van der Waals surface area contributed by atoms with Crippen molar-refractivity contribution in [2.24, 2.45) is 11.8 Å². The molecule has 0 aliphatic heterocycles. The van der Waals surface area contributed by atoms with Gasteiger partial charge in [0.2, 0.25) is 0 Å². The minimum absolute atomic E-state index is 0.615. The van der Waals surface area contributed by atoms with Gasteiger partial charge in [-0.15, -0.1) is 0 Å². The van der Waals surface area contributed by atoms with E-state index in [4.69, 9.17) is 5.10 Å². The molecule has 1 aromatic rings. The highest BCUT2D eigenvalue weighted by Crippen LogP contribution is 2.34. The van der Waals surface area contributed by atoms with Crippen LogP contribution in [0.1, 0.15) is 58.3 Å². The molecule has 20 heavy (non-hydrogen) atoms. The number of likely N-dealkylation sites (N-methyl/N-ethyl adjacent to an activating group) is 1. The Kier molecular flexibility index (Phi) is 5.64. The van der Waals surface area contributed by atoms with Crippen LogP contribution in [0, 0.1) is 11.8 Å². The number of nitrogens with one attached hydrogen (secondary N) is 1. The lowest BCUT2D eigenvalue weighted by atomic mass is 9.87. The molecular weight excluding hydrogens is 246 g/mol. The SMILES string of the molecule is CCNC(Cc1cc(CC)nn1CC)C1CCCC1C. The van der Waals surface area contributed by atoms with Crippen LogP contribution in [0.4, 0.5) is 0 Å². The fourth-order valence-electron chi connectivity index (χ4n) is 3.76. The molecule has 1 saturated carbocycles. The van der Waals surface area contributed by atoms with Gasteiger partial charge < -0.3 is 5.32 Å². The van der Waals surface area contributed by atoms with E-state index in [1.807, 2.05) is 0 Å². The first-order chi connectivity index (χ1) is 9.69. The van der Waals surface area contributed by atoms with Gasteiger partial charge in [-0.05, 0) is 44.2 Å². The van der Waals surface area contributed by atoms with Crippen molar-refractivity contribution in [3.05, 3.63) is 17.5 Å². The van der Waals surface area contributed by atoms with E-state index >= 15 is 0 Å². The summed E-state index contributed by atoms with van der Waals surface area (Å²) in [5.41, 5.74) is 2.64. The molecular formula is C17H31N3. The summed E-state index contributed by atoms with van der Waals surface area (Å²) < 4.78 is 2.20. The quantitative estimate of drug-likeness (QED) is 0.827. The molecule has 0 spiro atoms. The zero-order valence-electron chi connectivity index (χ0n) is 13.7. The maximum absolute atomic E-state index is 4.69. The molecule has 0 bridgehead atoms. The lowest BCUT2D eigenvalue weighted by molar-refractivity contribution is 0.294. The van der Waals surface area contributed by atoms with Crippen molar-refractivity contribution >= 4 is 0 Å². The van der Waals surface area contributed by atoms with E-state index in [2.05, 4.69) is 43.8 Å². The van der Waals surface area contributed by atoms with Gasteiger partial charge in [-0.3, -0.25) is 4.68 Å². The third-order valence-electron chi connectivity index (χ3n) is 4.92. The number of hydrogen-bond acceptors (Lipinski definition) is 2. The molecule has 1 aliphatic carbocycles. The maximum atomic E-state index is 4.69. The van der Waals surface area contributed by atoms with Crippen molar-refractivity contribution in [1.29, 1.82) is 0 Å². The fourth-order valence-corrected chi connectivity index (χ4v) is 3.76. The lowest BCUT2D eigenvalue weighted by Crippen LogP contribution is -2.39. The monoisotopic (exact) mass is 277 g/mol. The van der Waals surface area contributed by atoms with Crippen LogP contribution >= 0.6 is 0 Å². The summed E-state index contributed by atoms with van der Waals surface area (Å²) in [5.74, 6) is 1.70.